The average molecular weight is 384 g/mol. The van der Waals surface area contributed by atoms with Crippen LogP contribution in [0, 0.1) is 5.92 Å². The first-order valence-corrected chi connectivity index (χ1v) is 8.92. The van der Waals surface area contributed by atoms with Gasteiger partial charge in [0.2, 0.25) is 0 Å². The summed E-state index contributed by atoms with van der Waals surface area (Å²) in [6.07, 6.45) is 1.16. The van der Waals surface area contributed by atoms with Gasteiger partial charge in [0.1, 0.15) is 12.4 Å². The molecule has 0 aromatic heterocycles. The van der Waals surface area contributed by atoms with Gasteiger partial charge in [0.05, 0.1) is 13.2 Å². The summed E-state index contributed by atoms with van der Waals surface area (Å²) < 4.78 is 12.0. The molecule has 6 heteroatoms. The first-order chi connectivity index (χ1) is 11.2. The van der Waals surface area contributed by atoms with Crippen LogP contribution in [-0.4, -0.2) is 57.4 Å². The fraction of sp³-hybridized carbons (Fsp3) is 0.588. The predicted molar refractivity (Wildman–Crippen MR) is 97.2 cm³/mol. The van der Waals surface area contributed by atoms with Gasteiger partial charge in [-0.3, -0.25) is 0 Å². The molecular weight excluding hydrogens is 358 g/mol. The number of nitrogens with zero attached hydrogens (tertiary/aromatic N) is 2. The number of aliphatic imine (C=N–C) groups is 1. The van der Waals surface area contributed by atoms with Crippen molar-refractivity contribution in [2.24, 2.45) is 10.9 Å². The third-order valence-electron chi connectivity index (χ3n) is 3.74. The van der Waals surface area contributed by atoms with E-state index >= 15 is 0 Å². The molecule has 1 saturated heterocycles. The quantitative estimate of drug-likeness (QED) is 0.446. The molecule has 0 saturated carbocycles. The SMILES string of the molecule is CCNC(=NCCOc1cccc(Br)c1)N1CCC(COC)C1. The number of guanidine groups is 1. The van der Waals surface area contributed by atoms with E-state index in [1.807, 2.05) is 24.3 Å². The van der Waals surface area contributed by atoms with E-state index in [4.69, 9.17) is 9.47 Å². The minimum atomic E-state index is 0.570. The summed E-state index contributed by atoms with van der Waals surface area (Å²) in [4.78, 5) is 6.99. The highest BCUT2D eigenvalue weighted by Gasteiger charge is 2.24. The van der Waals surface area contributed by atoms with E-state index in [9.17, 15) is 0 Å². The first-order valence-electron chi connectivity index (χ1n) is 8.13. The molecule has 0 radical (unpaired) electrons. The van der Waals surface area contributed by atoms with E-state index in [1.54, 1.807) is 7.11 Å². The molecule has 1 atom stereocenters. The molecule has 1 N–H and O–H groups in total. The van der Waals surface area contributed by atoms with Gasteiger partial charge in [0, 0.05) is 37.1 Å². The van der Waals surface area contributed by atoms with Crippen molar-refractivity contribution in [1.82, 2.24) is 10.2 Å². The van der Waals surface area contributed by atoms with Crippen molar-refractivity contribution in [3.05, 3.63) is 28.7 Å². The van der Waals surface area contributed by atoms with Crippen molar-refractivity contribution < 1.29 is 9.47 Å². The first kappa shape index (κ1) is 18.1. The lowest BCUT2D eigenvalue weighted by molar-refractivity contribution is 0.157. The van der Waals surface area contributed by atoms with Crippen LogP contribution < -0.4 is 10.1 Å². The Morgan fingerprint density at radius 1 is 1.48 bits per heavy atom. The summed E-state index contributed by atoms with van der Waals surface area (Å²) in [5.74, 6) is 2.44. The highest BCUT2D eigenvalue weighted by molar-refractivity contribution is 9.10. The van der Waals surface area contributed by atoms with Gasteiger partial charge in [-0.25, -0.2) is 4.99 Å². The maximum Gasteiger partial charge on any atom is 0.194 e. The van der Waals surface area contributed by atoms with Crippen molar-refractivity contribution in [2.45, 2.75) is 13.3 Å². The zero-order valence-electron chi connectivity index (χ0n) is 13.9. The lowest BCUT2D eigenvalue weighted by atomic mass is 10.1. The van der Waals surface area contributed by atoms with Crippen molar-refractivity contribution in [3.63, 3.8) is 0 Å². The molecule has 1 heterocycles. The molecule has 1 aromatic rings. The second-order valence-electron chi connectivity index (χ2n) is 5.60. The summed E-state index contributed by atoms with van der Waals surface area (Å²) in [7, 11) is 1.77. The Morgan fingerprint density at radius 2 is 2.35 bits per heavy atom. The summed E-state index contributed by atoms with van der Waals surface area (Å²) in [6, 6.07) is 7.87. The molecule has 1 aliphatic heterocycles. The Balaban J connectivity index is 1.82. The number of hydrogen-bond acceptors (Lipinski definition) is 3. The van der Waals surface area contributed by atoms with E-state index in [2.05, 4.69) is 38.1 Å². The minimum absolute atomic E-state index is 0.570. The van der Waals surface area contributed by atoms with Crippen LogP contribution in [0.2, 0.25) is 0 Å². The van der Waals surface area contributed by atoms with E-state index in [0.717, 1.165) is 48.8 Å². The third-order valence-corrected chi connectivity index (χ3v) is 4.23. The van der Waals surface area contributed by atoms with Gasteiger partial charge in [-0.1, -0.05) is 22.0 Å². The van der Waals surface area contributed by atoms with Crippen molar-refractivity contribution in [2.75, 3.05) is 46.5 Å². The second-order valence-corrected chi connectivity index (χ2v) is 6.51. The number of benzene rings is 1. The molecule has 0 aliphatic carbocycles. The molecule has 0 bridgehead atoms. The smallest absolute Gasteiger partial charge is 0.194 e. The Kier molecular flexibility index (Phi) is 7.68. The third kappa shape index (κ3) is 6.03. The number of likely N-dealkylation sites (tertiary alicyclic amines) is 1. The van der Waals surface area contributed by atoms with Crippen molar-refractivity contribution in [3.8, 4) is 5.75 Å². The highest BCUT2D eigenvalue weighted by Crippen LogP contribution is 2.18. The number of halogens is 1. The fourth-order valence-corrected chi connectivity index (χ4v) is 3.07. The summed E-state index contributed by atoms with van der Waals surface area (Å²) in [6.45, 7) is 7.04. The lowest BCUT2D eigenvalue weighted by Gasteiger charge is -2.21. The number of hydrogen-bond donors (Lipinski definition) is 1. The van der Waals surface area contributed by atoms with Crippen LogP contribution in [0.4, 0.5) is 0 Å². The van der Waals surface area contributed by atoms with Crippen LogP contribution in [0.25, 0.3) is 0 Å². The van der Waals surface area contributed by atoms with Gasteiger partial charge < -0.3 is 19.7 Å². The van der Waals surface area contributed by atoms with E-state index in [1.165, 1.54) is 0 Å². The number of methoxy groups -OCH3 is 1. The van der Waals surface area contributed by atoms with E-state index in [-0.39, 0.29) is 0 Å². The highest BCUT2D eigenvalue weighted by atomic mass is 79.9. The Morgan fingerprint density at radius 3 is 3.09 bits per heavy atom. The van der Waals surface area contributed by atoms with Gasteiger partial charge in [0.25, 0.3) is 0 Å². The normalized spacial score (nSPS) is 18.3. The summed E-state index contributed by atoms with van der Waals surface area (Å²) >= 11 is 3.44. The largest absolute Gasteiger partial charge is 0.492 e. The van der Waals surface area contributed by atoms with Crippen molar-refractivity contribution in [1.29, 1.82) is 0 Å². The van der Waals surface area contributed by atoms with Gasteiger partial charge >= 0.3 is 0 Å². The van der Waals surface area contributed by atoms with Crippen LogP contribution in [0.1, 0.15) is 13.3 Å². The number of nitrogens with one attached hydrogen (secondary N) is 1. The molecule has 23 heavy (non-hydrogen) atoms. The van der Waals surface area contributed by atoms with Gasteiger partial charge in [0.15, 0.2) is 5.96 Å². The van der Waals surface area contributed by atoms with Crippen molar-refractivity contribution >= 4 is 21.9 Å². The van der Waals surface area contributed by atoms with Crippen LogP contribution in [-0.2, 0) is 4.74 Å². The average Bonchev–Trinajstić information content (AvgIpc) is 2.99. The molecule has 0 amide bonds. The molecule has 0 spiro atoms. The summed E-state index contributed by atoms with van der Waals surface area (Å²) in [5, 5.41) is 3.37. The standard InChI is InChI=1S/C17H26BrN3O2/c1-3-19-17(21-9-7-14(12-21)13-22-2)20-8-10-23-16-6-4-5-15(18)11-16/h4-6,11,14H,3,7-10,12-13H2,1-2H3,(H,19,20). The monoisotopic (exact) mass is 383 g/mol. The Bertz CT molecular complexity index is 510. The van der Waals surface area contributed by atoms with E-state index < -0.39 is 0 Å². The number of ether oxygens (including phenoxy) is 2. The summed E-state index contributed by atoms with van der Waals surface area (Å²) in [5.41, 5.74) is 0. The molecule has 5 nitrogen and oxygen atoms in total. The molecule has 1 unspecified atom stereocenters. The lowest BCUT2D eigenvalue weighted by Crippen LogP contribution is -2.40. The number of rotatable bonds is 7. The minimum Gasteiger partial charge on any atom is -0.492 e. The Hall–Kier alpha value is -1.27. The molecule has 1 fully saturated rings. The topological polar surface area (TPSA) is 46.1 Å². The molecule has 1 aromatic carbocycles. The van der Waals surface area contributed by atoms with Gasteiger partial charge in [-0.05, 0) is 31.5 Å². The predicted octanol–water partition coefficient (Wildman–Crippen LogP) is 2.76. The molecule has 2 rings (SSSR count). The maximum absolute atomic E-state index is 5.73. The maximum atomic E-state index is 5.73. The zero-order chi connectivity index (χ0) is 16.5. The van der Waals surface area contributed by atoms with Crippen LogP contribution in [0.3, 0.4) is 0 Å². The van der Waals surface area contributed by atoms with Crippen LogP contribution in [0.15, 0.2) is 33.7 Å². The van der Waals surface area contributed by atoms with Gasteiger partial charge in [-0.2, -0.15) is 0 Å². The van der Waals surface area contributed by atoms with Crippen LogP contribution >= 0.6 is 15.9 Å². The molecular formula is C17H26BrN3O2. The molecule has 1 aliphatic rings. The zero-order valence-corrected chi connectivity index (χ0v) is 15.5. The van der Waals surface area contributed by atoms with E-state index in [0.29, 0.717) is 19.1 Å². The van der Waals surface area contributed by atoms with Crippen LogP contribution in [0.5, 0.6) is 5.75 Å². The van der Waals surface area contributed by atoms with Gasteiger partial charge in [-0.15, -0.1) is 0 Å². The second kappa shape index (κ2) is 9.78. The Labute approximate surface area is 147 Å². The fourth-order valence-electron chi connectivity index (χ4n) is 2.69. The molecule has 128 valence electrons.